The Morgan fingerprint density at radius 2 is 2.00 bits per heavy atom. The Labute approximate surface area is 90.5 Å². The summed E-state index contributed by atoms with van der Waals surface area (Å²) in [6.45, 7) is 3.41. The maximum Gasteiger partial charge on any atom is 0.240 e. The van der Waals surface area contributed by atoms with Crippen LogP contribution in [0.15, 0.2) is 0 Å². The summed E-state index contributed by atoms with van der Waals surface area (Å²) in [5.41, 5.74) is 5.39. The molecule has 2 aliphatic rings. The van der Waals surface area contributed by atoms with E-state index in [-0.39, 0.29) is 5.91 Å². The number of rotatable bonds is 2. The molecule has 3 N–H and O–H groups in total. The zero-order chi connectivity index (χ0) is 10.9. The van der Waals surface area contributed by atoms with Crippen molar-refractivity contribution >= 4 is 5.91 Å². The van der Waals surface area contributed by atoms with Crippen LogP contribution < -0.4 is 11.1 Å². The van der Waals surface area contributed by atoms with Gasteiger partial charge in [0.25, 0.3) is 0 Å². The number of carbonyl (C=O) groups excluding carboxylic acids is 1. The summed E-state index contributed by atoms with van der Waals surface area (Å²) in [5, 5.41) is 3.04. The molecular weight excluding hydrogens is 192 g/mol. The second-order valence-electron chi connectivity index (χ2n) is 5.02. The van der Waals surface area contributed by atoms with Crippen LogP contribution in [0.25, 0.3) is 0 Å². The number of nitrogens with one attached hydrogen (secondary N) is 1. The molecule has 4 heteroatoms. The largest absolute Gasteiger partial charge is 0.381 e. The summed E-state index contributed by atoms with van der Waals surface area (Å²) in [6, 6.07) is 0.357. The van der Waals surface area contributed by atoms with Gasteiger partial charge in [0.15, 0.2) is 0 Å². The van der Waals surface area contributed by atoms with E-state index in [4.69, 9.17) is 10.5 Å². The van der Waals surface area contributed by atoms with Crippen LogP contribution in [-0.2, 0) is 9.53 Å². The van der Waals surface area contributed by atoms with Crippen molar-refractivity contribution in [1.82, 2.24) is 5.32 Å². The van der Waals surface area contributed by atoms with Crippen molar-refractivity contribution in [1.29, 1.82) is 0 Å². The summed E-state index contributed by atoms with van der Waals surface area (Å²) >= 11 is 0. The van der Waals surface area contributed by atoms with Gasteiger partial charge >= 0.3 is 0 Å². The van der Waals surface area contributed by atoms with E-state index in [1.54, 1.807) is 0 Å². The topological polar surface area (TPSA) is 64.4 Å². The van der Waals surface area contributed by atoms with Crippen molar-refractivity contribution in [2.75, 3.05) is 13.2 Å². The highest BCUT2D eigenvalue weighted by molar-refractivity contribution is 5.86. The average molecular weight is 212 g/mol. The molecule has 0 aromatic rings. The maximum atomic E-state index is 11.9. The van der Waals surface area contributed by atoms with Gasteiger partial charge in [-0.15, -0.1) is 0 Å². The Kier molecular flexibility index (Phi) is 2.98. The van der Waals surface area contributed by atoms with Gasteiger partial charge in [-0.1, -0.05) is 6.92 Å². The second kappa shape index (κ2) is 4.10. The van der Waals surface area contributed by atoms with Crippen LogP contribution >= 0.6 is 0 Å². The van der Waals surface area contributed by atoms with E-state index in [9.17, 15) is 4.79 Å². The number of hydrogen-bond donors (Lipinski definition) is 2. The highest BCUT2D eigenvalue weighted by Crippen LogP contribution is 2.27. The first-order valence-electron chi connectivity index (χ1n) is 5.78. The van der Waals surface area contributed by atoms with E-state index in [1.165, 1.54) is 0 Å². The first-order chi connectivity index (χ1) is 7.10. The number of hydrogen-bond acceptors (Lipinski definition) is 3. The van der Waals surface area contributed by atoms with Gasteiger partial charge in [-0.3, -0.25) is 4.79 Å². The second-order valence-corrected chi connectivity index (χ2v) is 5.02. The zero-order valence-corrected chi connectivity index (χ0v) is 9.29. The number of nitrogens with two attached hydrogens (primary N) is 1. The molecule has 4 nitrogen and oxygen atoms in total. The lowest BCUT2D eigenvalue weighted by atomic mass is 9.81. The lowest BCUT2D eigenvalue weighted by molar-refractivity contribution is -0.131. The molecule has 0 atom stereocenters. The Morgan fingerprint density at radius 1 is 1.40 bits per heavy atom. The van der Waals surface area contributed by atoms with Gasteiger partial charge in [-0.2, -0.15) is 0 Å². The Morgan fingerprint density at radius 3 is 2.53 bits per heavy atom. The van der Waals surface area contributed by atoms with Gasteiger partial charge in [-0.05, 0) is 31.6 Å². The first-order valence-corrected chi connectivity index (χ1v) is 5.78. The molecule has 1 aliphatic carbocycles. The van der Waals surface area contributed by atoms with Crippen LogP contribution in [0.4, 0.5) is 0 Å². The van der Waals surface area contributed by atoms with Crippen molar-refractivity contribution in [2.24, 2.45) is 11.7 Å². The molecule has 0 aromatic carbocycles. The molecule has 1 amide bonds. The Bertz CT molecular complexity index is 243. The molecule has 1 saturated carbocycles. The van der Waals surface area contributed by atoms with Crippen molar-refractivity contribution in [3.8, 4) is 0 Å². The molecule has 0 spiro atoms. The third kappa shape index (κ3) is 2.32. The molecular formula is C11H20N2O2. The normalized spacial score (nSPS) is 34.3. The van der Waals surface area contributed by atoms with E-state index >= 15 is 0 Å². The van der Waals surface area contributed by atoms with Gasteiger partial charge in [0.1, 0.15) is 0 Å². The fraction of sp³-hybridized carbons (Fsp3) is 0.909. The number of carbonyl (C=O) groups is 1. The fourth-order valence-electron chi connectivity index (χ4n) is 2.31. The SMILES string of the molecule is CC1CC(NC(=O)C2(N)CCOCC2)C1. The summed E-state index contributed by atoms with van der Waals surface area (Å²) in [4.78, 5) is 11.9. The molecule has 0 unspecified atom stereocenters. The molecule has 1 aliphatic heterocycles. The molecule has 15 heavy (non-hydrogen) atoms. The van der Waals surface area contributed by atoms with E-state index in [0.717, 1.165) is 18.8 Å². The van der Waals surface area contributed by atoms with Crippen LogP contribution in [0, 0.1) is 5.92 Å². The minimum Gasteiger partial charge on any atom is -0.381 e. The van der Waals surface area contributed by atoms with Crippen LogP contribution in [0.1, 0.15) is 32.6 Å². The summed E-state index contributed by atoms with van der Waals surface area (Å²) < 4.78 is 5.22. The quantitative estimate of drug-likeness (QED) is 0.696. The molecule has 0 aromatic heterocycles. The first kappa shape index (κ1) is 10.9. The molecule has 86 valence electrons. The van der Waals surface area contributed by atoms with Crippen molar-refractivity contribution in [3.63, 3.8) is 0 Å². The van der Waals surface area contributed by atoms with E-state index in [2.05, 4.69) is 12.2 Å². The Balaban J connectivity index is 1.83. The predicted octanol–water partition coefficient (Wildman–Crippen LogP) is 0.409. The Hall–Kier alpha value is -0.610. The highest BCUT2D eigenvalue weighted by Gasteiger charge is 2.38. The van der Waals surface area contributed by atoms with Gasteiger partial charge in [0.2, 0.25) is 5.91 Å². The van der Waals surface area contributed by atoms with E-state index in [0.29, 0.717) is 32.1 Å². The van der Waals surface area contributed by atoms with Crippen LogP contribution in [0.2, 0.25) is 0 Å². The minimum atomic E-state index is -0.683. The molecule has 1 heterocycles. The maximum absolute atomic E-state index is 11.9. The predicted molar refractivity (Wildman–Crippen MR) is 57.3 cm³/mol. The van der Waals surface area contributed by atoms with Gasteiger partial charge in [-0.25, -0.2) is 0 Å². The zero-order valence-electron chi connectivity index (χ0n) is 9.29. The summed E-state index contributed by atoms with van der Waals surface area (Å²) in [5.74, 6) is 0.765. The highest BCUT2D eigenvalue weighted by atomic mass is 16.5. The minimum absolute atomic E-state index is 0.0164. The monoisotopic (exact) mass is 212 g/mol. The number of ether oxygens (including phenoxy) is 1. The third-order valence-electron chi connectivity index (χ3n) is 3.55. The molecule has 2 fully saturated rings. The van der Waals surface area contributed by atoms with E-state index < -0.39 is 5.54 Å². The summed E-state index contributed by atoms with van der Waals surface area (Å²) in [6.07, 6.45) is 3.47. The average Bonchev–Trinajstić information content (AvgIpc) is 2.16. The van der Waals surface area contributed by atoms with Crippen LogP contribution in [0.3, 0.4) is 0 Å². The van der Waals surface area contributed by atoms with E-state index in [1.807, 2.05) is 0 Å². The van der Waals surface area contributed by atoms with Gasteiger partial charge in [0, 0.05) is 19.3 Å². The molecule has 2 rings (SSSR count). The molecule has 1 saturated heterocycles. The van der Waals surface area contributed by atoms with Crippen molar-refractivity contribution in [3.05, 3.63) is 0 Å². The lowest BCUT2D eigenvalue weighted by Gasteiger charge is -2.38. The van der Waals surface area contributed by atoms with Gasteiger partial charge in [0.05, 0.1) is 5.54 Å². The standard InChI is InChI=1S/C11H20N2O2/c1-8-6-9(7-8)13-10(14)11(12)2-4-15-5-3-11/h8-9H,2-7,12H2,1H3,(H,13,14). The fourth-order valence-corrected chi connectivity index (χ4v) is 2.31. The molecule has 0 bridgehead atoms. The summed E-state index contributed by atoms with van der Waals surface area (Å²) in [7, 11) is 0. The smallest absolute Gasteiger partial charge is 0.240 e. The number of amides is 1. The molecule has 0 radical (unpaired) electrons. The van der Waals surface area contributed by atoms with Crippen LogP contribution in [0.5, 0.6) is 0 Å². The van der Waals surface area contributed by atoms with Crippen LogP contribution in [-0.4, -0.2) is 30.7 Å². The van der Waals surface area contributed by atoms with Crippen molar-refractivity contribution < 1.29 is 9.53 Å². The van der Waals surface area contributed by atoms with Crippen molar-refractivity contribution in [2.45, 2.75) is 44.2 Å². The lowest BCUT2D eigenvalue weighted by Crippen LogP contribution is -2.60. The third-order valence-corrected chi connectivity index (χ3v) is 3.55. The van der Waals surface area contributed by atoms with Gasteiger partial charge < -0.3 is 15.8 Å².